The van der Waals surface area contributed by atoms with Crippen molar-refractivity contribution in [1.29, 1.82) is 0 Å². The lowest BCUT2D eigenvalue weighted by atomic mass is 9.87. The van der Waals surface area contributed by atoms with Crippen molar-refractivity contribution in [3.8, 4) is 0 Å². The summed E-state index contributed by atoms with van der Waals surface area (Å²) in [6.07, 6.45) is -1.83. The van der Waals surface area contributed by atoms with Gasteiger partial charge < -0.3 is 15.7 Å². The van der Waals surface area contributed by atoms with Crippen LogP contribution >= 0.6 is 0 Å². The Hall–Kier alpha value is -2.88. The first-order valence-electron chi connectivity index (χ1n) is 10.5. The molecule has 10 heteroatoms. The molecule has 32 heavy (non-hydrogen) atoms. The van der Waals surface area contributed by atoms with Crippen LogP contribution in [0.25, 0.3) is 0 Å². The van der Waals surface area contributed by atoms with Crippen molar-refractivity contribution >= 4 is 11.8 Å². The van der Waals surface area contributed by atoms with E-state index in [4.69, 9.17) is 0 Å². The molecule has 1 aromatic heterocycles. The van der Waals surface area contributed by atoms with Gasteiger partial charge in [0.1, 0.15) is 5.69 Å². The molecule has 7 nitrogen and oxygen atoms in total. The standard InChI is InChI=1S/C22H27F3N4O3/c1-13(15-4-3-5-16(10-15)22(23,24)25)29-19(11-18(28-29)20(31)26-2)21(32)27-12-14-6-8-17(30)9-7-14/h3-5,10-11,13-14,17,30H,6-9,12H2,1-2H3,(H,26,31)(H,27,32)/t13-,14?,17?/m1/s1. The number of nitrogens with one attached hydrogen (secondary N) is 2. The summed E-state index contributed by atoms with van der Waals surface area (Å²) in [5.74, 6) is -0.731. The molecule has 1 saturated carbocycles. The van der Waals surface area contributed by atoms with E-state index >= 15 is 0 Å². The average molecular weight is 452 g/mol. The molecule has 1 aromatic carbocycles. The Morgan fingerprint density at radius 3 is 2.50 bits per heavy atom. The highest BCUT2D eigenvalue weighted by Crippen LogP contribution is 2.32. The Balaban J connectivity index is 1.85. The zero-order chi connectivity index (χ0) is 23.5. The van der Waals surface area contributed by atoms with Crippen LogP contribution < -0.4 is 10.6 Å². The number of aromatic nitrogens is 2. The number of rotatable bonds is 6. The van der Waals surface area contributed by atoms with Gasteiger partial charge in [-0.3, -0.25) is 14.3 Å². The van der Waals surface area contributed by atoms with Gasteiger partial charge in [-0.25, -0.2) is 0 Å². The van der Waals surface area contributed by atoms with Gasteiger partial charge in [0.25, 0.3) is 11.8 Å². The zero-order valence-corrected chi connectivity index (χ0v) is 17.9. The third kappa shape index (κ3) is 5.48. The Bertz CT molecular complexity index is 966. The maximum absolute atomic E-state index is 13.1. The molecule has 0 spiro atoms. The van der Waals surface area contributed by atoms with Gasteiger partial charge in [-0.1, -0.05) is 12.1 Å². The lowest BCUT2D eigenvalue weighted by molar-refractivity contribution is -0.137. The number of carbonyl (C=O) groups excluding carboxylic acids is 2. The number of halogens is 3. The molecule has 2 amide bonds. The number of amides is 2. The van der Waals surface area contributed by atoms with Crippen molar-refractivity contribution in [2.75, 3.05) is 13.6 Å². The molecule has 3 N–H and O–H groups in total. The molecule has 174 valence electrons. The number of aliphatic hydroxyl groups excluding tert-OH is 1. The first kappa shape index (κ1) is 23.8. The fraction of sp³-hybridized carbons (Fsp3) is 0.500. The number of nitrogens with zero attached hydrogens (tertiary/aromatic N) is 2. The van der Waals surface area contributed by atoms with Crippen molar-refractivity contribution in [2.45, 2.75) is 50.9 Å². The third-order valence-electron chi connectivity index (χ3n) is 5.86. The van der Waals surface area contributed by atoms with E-state index in [1.807, 2.05) is 0 Å². The molecule has 2 aromatic rings. The van der Waals surface area contributed by atoms with Gasteiger partial charge in [0.15, 0.2) is 5.69 Å². The van der Waals surface area contributed by atoms with Crippen LogP contribution in [0.15, 0.2) is 30.3 Å². The highest BCUT2D eigenvalue weighted by molar-refractivity contribution is 5.97. The molecular weight excluding hydrogens is 425 g/mol. The van der Waals surface area contributed by atoms with Crippen molar-refractivity contribution in [2.24, 2.45) is 5.92 Å². The molecular formula is C22H27F3N4O3. The van der Waals surface area contributed by atoms with Gasteiger partial charge in [-0.2, -0.15) is 18.3 Å². The Morgan fingerprint density at radius 1 is 1.19 bits per heavy atom. The number of aliphatic hydroxyl groups is 1. The Labute approximate surface area is 184 Å². The van der Waals surface area contributed by atoms with Crippen LogP contribution in [-0.4, -0.2) is 46.4 Å². The predicted molar refractivity (Wildman–Crippen MR) is 111 cm³/mol. The summed E-state index contributed by atoms with van der Waals surface area (Å²) in [5.41, 5.74) is -0.408. The molecule has 0 unspecified atom stereocenters. The van der Waals surface area contributed by atoms with E-state index in [9.17, 15) is 27.9 Å². The largest absolute Gasteiger partial charge is 0.416 e. The summed E-state index contributed by atoms with van der Waals surface area (Å²) in [4.78, 5) is 25.0. The van der Waals surface area contributed by atoms with E-state index in [0.29, 0.717) is 24.9 Å². The number of carbonyl (C=O) groups is 2. The van der Waals surface area contributed by atoms with E-state index in [0.717, 1.165) is 25.0 Å². The molecule has 1 heterocycles. The highest BCUT2D eigenvalue weighted by Gasteiger charge is 2.31. The minimum atomic E-state index is -4.50. The van der Waals surface area contributed by atoms with Crippen LogP contribution in [0.5, 0.6) is 0 Å². The second-order valence-corrected chi connectivity index (χ2v) is 8.12. The second kappa shape index (κ2) is 9.72. The summed E-state index contributed by atoms with van der Waals surface area (Å²) in [6, 6.07) is 5.43. The molecule has 1 aliphatic rings. The third-order valence-corrected chi connectivity index (χ3v) is 5.86. The van der Waals surface area contributed by atoms with Gasteiger partial charge in [-0.05, 0) is 56.2 Å². The van der Waals surface area contributed by atoms with Crippen LogP contribution in [0.2, 0.25) is 0 Å². The summed E-state index contributed by atoms with van der Waals surface area (Å²) in [7, 11) is 1.43. The highest BCUT2D eigenvalue weighted by atomic mass is 19.4. The zero-order valence-electron chi connectivity index (χ0n) is 17.9. The molecule has 1 aliphatic carbocycles. The first-order valence-corrected chi connectivity index (χ1v) is 10.5. The average Bonchev–Trinajstić information content (AvgIpc) is 3.22. The van der Waals surface area contributed by atoms with Gasteiger partial charge >= 0.3 is 6.18 Å². The summed E-state index contributed by atoms with van der Waals surface area (Å²) in [6.45, 7) is 2.03. The summed E-state index contributed by atoms with van der Waals surface area (Å²) < 4.78 is 40.7. The smallest absolute Gasteiger partial charge is 0.393 e. The second-order valence-electron chi connectivity index (χ2n) is 8.12. The minimum Gasteiger partial charge on any atom is -0.393 e. The van der Waals surface area contributed by atoms with E-state index in [1.54, 1.807) is 6.92 Å². The van der Waals surface area contributed by atoms with Crippen molar-refractivity contribution in [3.63, 3.8) is 0 Å². The molecule has 0 radical (unpaired) electrons. The molecule has 0 saturated heterocycles. The van der Waals surface area contributed by atoms with E-state index in [2.05, 4.69) is 15.7 Å². The molecule has 3 rings (SSSR count). The number of alkyl halides is 3. The van der Waals surface area contributed by atoms with E-state index in [-0.39, 0.29) is 23.4 Å². The fourth-order valence-electron chi connectivity index (χ4n) is 3.89. The Kier molecular flexibility index (Phi) is 7.22. The maximum Gasteiger partial charge on any atom is 0.416 e. The molecule has 0 aliphatic heterocycles. The molecule has 1 atom stereocenters. The van der Waals surface area contributed by atoms with Gasteiger partial charge in [-0.15, -0.1) is 0 Å². The number of benzene rings is 1. The van der Waals surface area contributed by atoms with E-state index in [1.165, 1.54) is 29.9 Å². The number of hydrogen-bond donors (Lipinski definition) is 3. The van der Waals surface area contributed by atoms with Crippen LogP contribution in [0.4, 0.5) is 13.2 Å². The predicted octanol–water partition coefficient (Wildman–Crippen LogP) is 3.15. The van der Waals surface area contributed by atoms with Crippen LogP contribution in [0.1, 0.15) is 70.8 Å². The maximum atomic E-state index is 13.1. The van der Waals surface area contributed by atoms with Gasteiger partial charge in [0, 0.05) is 19.7 Å². The van der Waals surface area contributed by atoms with E-state index < -0.39 is 29.6 Å². The SMILES string of the molecule is CNC(=O)c1cc(C(=O)NCC2CCC(O)CC2)n([C@H](C)c2cccc(C(F)(F)F)c2)n1. The molecule has 1 fully saturated rings. The first-order chi connectivity index (χ1) is 15.1. The lowest BCUT2D eigenvalue weighted by Gasteiger charge is -2.25. The van der Waals surface area contributed by atoms with Crippen molar-refractivity contribution in [1.82, 2.24) is 20.4 Å². The quantitative estimate of drug-likeness (QED) is 0.627. The lowest BCUT2D eigenvalue weighted by Crippen LogP contribution is -2.33. The van der Waals surface area contributed by atoms with Crippen molar-refractivity contribution in [3.05, 3.63) is 52.8 Å². The fourth-order valence-corrected chi connectivity index (χ4v) is 3.89. The monoisotopic (exact) mass is 452 g/mol. The Morgan fingerprint density at radius 2 is 1.88 bits per heavy atom. The summed E-state index contributed by atoms with van der Waals surface area (Å²) in [5, 5.41) is 19.1. The summed E-state index contributed by atoms with van der Waals surface area (Å²) >= 11 is 0. The van der Waals surface area contributed by atoms with Gasteiger partial charge in [0.05, 0.1) is 17.7 Å². The minimum absolute atomic E-state index is 0.00253. The van der Waals surface area contributed by atoms with Gasteiger partial charge in [0.2, 0.25) is 0 Å². The van der Waals surface area contributed by atoms with Crippen LogP contribution in [0.3, 0.4) is 0 Å². The van der Waals surface area contributed by atoms with Crippen LogP contribution in [0, 0.1) is 5.92 Å². The van der Waals surface area contributed by atoms with Crippen molar-refractivity contribution < 1.29 is 27.9 Å². The normalized spacial score (nSPS) is 19.9. The molecule has 0 bridgehead atoms. The topological polar surface area (TPSA) is 96.3 Å². The van der Waals surface area contributed by atoms with Crippen LogP contribution in [-0.2, 0) is 6.18 Å². The number of hydrogen-bond acceptors (Lipinski definition) is 4.